The monoisotopic (exact) mass is 472 g/mol. The van der Waals surface area contributed by atoms with Crippen LogP contribution in [-0.4, -0.2) is 41.0 Å². The fourth-order valence-corrected chi connectivity index (χ4v) is 5.79. The molecule has 0 unspecified atom stereocenters. The fraction of sp³-hybridized carbons (Fsp3) is 0.192. The molecule has 2 aliphatic rings. The SMILES string of the molecule is C=C(OC)N1CC2(C1)C(=O)N(Cc1ncc3cc(F)ccc3c1-c1cncs1)c1ccccc12. The number of hydrogen-bond donors (Lipinski definition) is 0. The van der Waals surface area contributed by atoms with Crippen LogP contribution in [0.15, 0.2) is 72.8 Å². The summed E-state index contributed by atoms with van der Waals surface area (Å²) >= 11 is 1.50. The molecule has 2 aromatic heterocycles. The number of carbonyl (C=O) groups is 1. The molecule has 1 amide bonds. The van der Waals surface area contributed by atoms with Crippen LogP contribution in [0.25, 0.3) is 21.2 Å². The molecule has 8 heteroatoms. The Morgan fingerprint density at radius 2 is 2.06 bits per heavy atom. The summed E-state index contributed by atoms with van der Waals surface area (Å²) in [6.45, 7) is 5.29. The first-order chi connectivity index (χ1) is 16.5. The Bertz CT molecular complexity index is 1450. The number of pyridine rings is 1. The van der Waals surface area contributed by atoms with Crippen molar-refractivity contribution in [3.8, 4) is 10.4 Å². The molecule has 4 aromatic rings. The highest BCUT2D eigenvalue weighted by Crippen LogP contribution is 2.49. The van der Waals surface area contributed by atoms with E-state index in [1.807, 2.05) is 34.1 Å². The van der Waals surface area contributed by atoms with Gasteiger partial charge in [-0.1, -0.05) is 24.3 Å². The summed E-state index contributed by atoms with van der Waals surface area (Å²) in [4.78, 5) is 27.5. The average Bonchev–Trinajstić information content (AvgIpc) is 3.43. The number of methoxy groups -OCH3 is 1. The molecule has 170 valence electrons. The van der Waals surface area contributed by atoms with Gasteiger partial charge in [-0.3, -0.25) is 14.8 Å². The lowest BCUT2D eigenvalue weighted by Gasteiger charge is -2.47. The predicted octanol–water partition coefficient (Wildman–Crippen LogP) is 4.72. The summed E-state index contributed by atoms with van der Waals surface area (Å²) in [5, 5.41) is 1.60. The maximum Gasteiger partial charge on any atom is 0.241 e. The van der Waals surface area contributed by atoms with E-state index in [4.69, 9.17) is 9.72 Å². The number of hydrogen-bond acceptors (Lipinski definition) is 6. The van der Waals surface area contributed by atoms with Gasteiger partial charge in [-0.25, -0.2) is 4.39 Å². The van der Waals surface area contributed by atoms with E-state index in [1.165, 1.54) is 23.5 Å². The summed E-state index contributed by atoms with van der Waals surface area (Å²) in [7, 11) is 1.59. The van der Waals surface area contributed by atoms with Crippen LogP contribution in [0.2, 0.25) is 0 Å². The van der Waals surface area contributed by atoms with Gasteiger partial charge in [-0.15, -0.1) is 11.3 Å². The van der Waals surface area contributed by atoms with Crippen LogP contribution in [-0.2, 0) is 21.5 Å². The van der Waals surface area contributed by atoms with Crippen molar-refractivity contribution in [3.05, 3.63) is 89.9 Å². The lowest BCUT2D eigenvalue weighted by atomic mass is 9.74. The van der Waals surface area contributed by atoms with Gasteiger partial charge in [0.25, 0.3) is 0 Å². The maximum atomic E-state index is 13.9. The topological polar surface area (TPSA) is 58.6 Å². The summed E-state index contributed by atoms with van der Waals surface area (Å²) in [5.41, 5.74) is 4.69. The Morgan fingerprint density at radius 1 is 1.24 bits per heavy atom. The molecule has 1 saturated heterocycles. The molecule has 1 spiro atoms. The van der Waals surface area contributed by atoms with Crippen LogP contribution in [0.5, 0.6) is 0 Å². The van der Waals surface area contributed by atoms with Crippen LogP contribution < -0.4 is 4.90 Å². The molecule has 0 bridgehead atoms. The zero-order valence-electron chi connectivity index (χ0n) is 18.5. The molecule has 2 aromatic carbocycles. The summed E-state index contributed by atoms with van der Waals surface area (Å²) in [5.74, 6) is 0.297. The normalized spacial score (nSPS) is 16.1. The van der Waals surface area contributed by atoms with E-state index >= 15 is 0 Å². The largest absolute Gasteiger partial charge is 0.483 e. The number of ether oxygens (including phenoxy) is 1. The Hall–Kier alpha value is -3.78. The number of nitrogens with zero attached hydrogens (tertiary/aromatic N) is 4. The number of para-hydroxylation sites is 1. The molecule has 0 atom stereocenters. The number of benzene rings is 2. The zero-order chi connectivity index (χ0) is 23.4. The van der Waals surface area contributed by atoms with Crippen molar-refractivity contribution in [1.82, 2.24) is 14.9 Å². The highest BCUT2D eigenvalue weighted by Gasteiger charge is 2.58. The van der Waals surface area contributed by atoms with Crippen molar-refractivity contribution < 1.29 is 13.9 Å². The zero-order valence-corrected chi connectivity index (χ0v) is 19.3. The Morgan fingerprint density at radius 3 is 2.82 bits per heavy atom. The van der Waals surface area contributed by atoms with E-state index in [9.17, 15) is 9.18 Å². The van der Waals surface area contributed by atoms with E-state index < -0.39 is 5.41 Å². The number of carbonyl (C=O) groups excluding carboxylic acids is 1. The van der Waals surface area contributed by atoms with E-state index in [0.717, 1.165) is 32.8 Å². The smallest absolute Gasteiger partial charge is 0.241 e. The number of amides is 1. The van der Waals surface area contributed by atoms with Gasteiger partial charge >= 0.3 is 0 Å². The number of aromatic nitrogens is 2. The number of fused-ring (bicyclic) bond motifs is 3. The van der Waals surface area contributed by atoms with Crippen molar-refractivity contribution in [2.75, 3.05) is 25.1 Å². The number of rotatable bonds is 5. The van der Waals surface area contributed by atoms with Crippen LogP contribution in [0.3, 0.4) is 0 Å². The Labute approximate surface area is 199 Å². The molecule has 4 heterocycles. The van der Waals surface area contributed by atoms with Crippen LogP contribution in [0, 0.1) is 5.82 Å². The van der Waals surface area contributed by atoms with Crippen molar-refractivity contribution in [2.24, 2.45) is 0 Å². The molecule has 34 heavy (non-hydrogen) atoms. The number of thiazole rings is 1. The Kier molecular flexibility index (Phi) is 4.67. The fourth-order valence-electron chi connectivity index (χ4n) is 5.09. The van der Waals surface area contributed by atoms with Gasteiger partial charge in [0.2, 0.25) is 5.91 Å². The first kappa shape index (κ1) is 20.8. The van der Waals surface area contributed by atoms with Crippen LogP contribution in [0.1, 0.15) is 11.3 Å². The summed E-state index contributed by atoms with van der Waals surface area (Å²) in [6.07, 6.45) is 3.46. The third-order valence-corrected chi connectivity index (χ3v) is 7.58. The van der Waals surface area contributed by atoms with Gasteiger partial charge in [-0.05, 0) is 35.7 Å². The van der Waals surface area contributed by atoms with E-state index in [1.54, 1.807) is 31.1 Å². The van der Waals surface area contributed by atoms with Crippen molar-refractivity contribution in [1.29, 1.82) is 0 Å². The molecule has 2 aliphatic heterocycles. The van der Waals surface area contributed by atoms with Gasteiger partial charge in [0.05, 0.1) is 29.7 Å². The molecular weight excluding hydrogens is 451 g/mol. The van der Waals surface area contributed by atoms with Crippen molar-refractivity contribution in [2.45, 2.75) is 12.0 Å². The molecule has 1 fully saturated rings. The predicted molar refractivity (Wildman–Crippen MR) is 130 cm³/mol. The second kappa shape index (κ2) is 7.63. The molecule has 0 radical (unpaired) electrons. The first-order valence-electron chi connectivity index (χ1n) is 10.9. The van der Waals surface area contributed by atoms with Crippen molar-refractivity contribution in [3.63, 3.8) is 0 Å². The molecular formula is C26H21FN4O2S. The molecule has 6 rings (SSSR count). The van der Waals surface area contributed by atoms with Gasteiger partial charge in [0.15, 0.2) is 5.88 Å². The number of likely N-dealkylation sites (tertiary alicyclic amines) is 1. The minimum Gasteiger partial charge on any atom is -0.483 e. The molecule has 0 N–H and O–H groups in total. The summed E-state index contributed by atoms with van der Waals surface area (Å²) in [6, 6.07) is 12.6. The molecule has 0 aliphatic carbocycles. The van der Waals surface area contributed by atoms with Crippen molar-refractivity contribution >= 4 is 33.7 Å². The lowest BCUT2D eigenvalue weighted by Crippen LogP contribution is -2.63. The van der Waals surface area contributed by atoms with Gasteiger partial charge in [-0.2, -0.15) is 0 Å². The standard InChI is InChI=1S/C26H21FN4O2S/c1-16(33-2)30-13-26(14-30)20-5-3-4-6-22(20)31(25(26)32)12-21-24(23-11-28-15-34-23)19-8-7-18(27)9-17(19)10-29-21/h3-11,15H,1,12-14H2,2H3. The third-order valence-electron chi connectivity index (χ3n) is 6.79. The third kappa shape index (κ3) is 2.95. The average molecular weight is 473 g/mol. The first-order valence-corrected chi connectivity index (χ1v) is 11.7. The highest BCUT2D eigenvalue weighted by molar-refractivity contribution is 7.13. The second-order valence-electron chi connectivity index (χ2n) is 8.62. The minimum atomic E-state index is -0.622. The second-order valence-corrected chi connectivity index (χ2v) is 9.51. The quantitative estimate of drug-likeness (QED) is 0.394. The van der Waals surface area contributed by atoms with Crippen LogP contribution >= 0.6 is 11.3 Å². The maximum absolute atomic E-state index is 13.9. The number of anilines is 1. The van der Waals surface area contributed by atoms with E-state index in [2.05, 4.69) is 11.6 Å². The number of halogens is 1. The van der Waals surface area contributed by atoms with Gasteiger partial charge in [0.1, 0.15) is 11.2 Å². The highest BCUT2D eigenvalue weighted by atomic mass is 32.1. The minimum absolute atomic E-state index is 0.0464. The summed E-state index contributed by atoms with van der Waals surface area (Å²) < 4.78 is 19.2. The Balaban J connectivity index is 1.44. The van der Waals surface area contributed by atoms with Gasteiger partial charge in [0, 0.05) is 42.1 Å². The van der Waals surface area contributed by atoms with E-state index in [0.29, 0.717) is 30.9 Å². The van der Waals surface area contributed by atoms with Crippen LogP contribution in [0.4, 0.5) is 10.1 Å². The lowest BCUT2D eigenvalue weighted by molar-refractivity contribution is -0.129. The molecule has 6 nitrogen and oxygen atoms in total. The van der Waals surface area contributed by atoms with E-state index in [-0.39, 0.29) is 11.7 Å². The van der Waals surface area contributed by atoms with Gasteiger partial charge < -0.3 is 14.5 Å². The molecule has 0 saturated carbocycles.